The molecule has 0 amide bonds. The maximum atomic E-state index is 2.43. The van der Waals surface area contributed by atoms with Crippen LogP contribution in [0.4, 0.5) is 0 Å². The summed E-state index contributed by atoms with van der Waals surface area (Å²) in [5.41, 5.74) is 17.3. The van der Waals surface area contributed by atoms with Gasteiger partial charge in [-0.25, -0.2) is 0 Å². The molecule has 57 heavy (non-hydrogen) atoms. The van der Waals surface area contributed by atoms with Gasteiger partial charge < -0.3 is 13.7 Å². The van der Waals surface area contributed by atoms with E-state index in [1.807, 2.05) is 0 Å². The van der Waals surface area contributed by atoms with Crippen molar-refractivity contribution in [1.82, 2.24) is 13.7 Å². The summed E-state index contributed by atoms with van der Waals surface area (Å²) in [6, 6.07) is 69.1. The molecule has 0 saturated heterocycles. The number of para-hydroxylation sites is 4. The molecule has 11 aromatic rings. The highest BCUT2D eigenvalue weighted by Crippen LogP contribution is 2.41. The molecule has 0 atom stereocenters. The third-order valence-corrected chi connectivity index (χ3v) is 12.1. The Morgan fingerprint density at radius 1 is 0.316 bits per heavy atom. The van der Waals surface area contributed by atoms with Crippen LogP contribution in [-0.4, -0.2) is 13.7 Å². The van der Waals surface area contributed by atoms with E-state index >= 15 is 0 Å². The Balaban J connectivity index is 1.04. The van der Waals surface area contributed by atoms with Crippen LogP contribution in [0.1, 0.15) is 17.7 Å². The average Bonchev–Trinajstić information content (AvgIpc) is 3.92. The first-order valence-electron chi connectivity index (χ1n) is 19.9. The number of nitrogens with zero attached hydrogens (tertiary/aromatic N) is 3. The smallest absolute Gasteiger partial charge is 0.0541 e. The number of aromatic nitrogens is 3. The first kappa shape index (κ1) is 31.9. The predicted molar refractivity (Wildman–Crippen MR) is 240 cm³/mol. The van der Waals surface area contributed by atoms with Gasteiger partial charge in [0.1, 0.15) is 0 Å². The summed E-state index contributed by atoms with van der Waals surface area (Å²) in [5.74, 6) is 0. The van der Waals surface area contributed by atoms with Gasteiger partial charge in [-0.15, -0.1) is 0 Å². The molecule has 3 heterocycles. The van der Waals surface area contributed by atoms with E-state index < -0.39 is 0 Å². The third kappa shape index (κ3) is 4.92. The fraction of sp³-hybridized carbons (Fsp3) is 0.0370. The van der Waals surface area contributed by atoms with Gasteiger partial charge in [0.05, 0.1) is 27.6 Å². The van der Waals surface area contributed by atoms with Crippen molar-refractivity contribution in [3.63, 3.8) is 0 Å². The molecule has 0 unspecified atom stereocenters. The quantitative estimate of drug-likeness (QED) is 0.168. The summed E-state index contributed by atoms with van der Waals surface area (Å²) in [5, 5.41) is 6.36. The number of aryl methyl sites for hydroxylation is 1. The molecule has 0 fully saturated rings. The zero-order chi connectivity index (χ0) is 37.5. The lowest BCUT2D eigenvalue weighted by Gasteiger charge is -2.11. The second-order valence-corrected chi connectivity index (χ2v) is 15.3. The van der Waals surface area contributed by atoms with Gasteiger partial charge in [-0.3, -0.25) is 0 Å². The predicted octanol–water partition coefficient (Wildman–Crippen LogP) is 14.1. The minimum absolute atomic E-state index is 1.05. The molecule has 3 nitrogen and oxygen atoms in total. The van der Waals surface area contributed by atoms with Crippen LogP contribution in [-0.2, 0) is 6.42 Å². The summed E-state index contributed by atoms with van der Waals surface area (Å²) < 4.78 is 7.23. The van der Waals surface area contributed by atoms with Gasteiger partial charge >= 0.3 is 0 Å². The van der Waals surface area contributed by atoms with Crippen molar-refractivity contribution in [2.75, 3.05) is 0 Å². The molecule has 1 aliphatic carbocycles. The van der Waals surface area contributed by atoms with Crippen LogP contribution in [0.2, 0.25) is 0 Å². The second kappa shape index (κ2) is 12.6. The molecule has 3 heteroatoms. The molecule has 1 aliphatic rings. The first-order valence-corrected chi connectivity index (χ1v) is 19.9. The van der Waals surface area contributed by atoms with Gasteiger partial charge in [-0.1, -0.05) is 103 Å². The standard InChI is InChI=1S/C54H37N3/c1-4-14-40(15-5-1)55-49-22-12-10-20-43(49)45-32-36(24-28-51(45)55)38-26-30-53-47(34-38)48-35-39(27-31-54(48)57(53)42-18-8-3-9-19-42)37-25-29-52-46(33-37)44-21-11-13-23-50(44)56(52)41-16-6-2-7-17-41/h1-10,12-20,22-35H,11,21H2. The van der Waals surface area contributed by atoms with Crippen LogP contribution in [0.25, 0.3) is 99.9 Å². The fourth-order valence-corrected chi connectivity index (χ4v) is 9.52. The summed E-state index contributed by atoms with van der Waals surface area (Å²) in [4.78, 5) is 0. The maximum Gasteiger partial charge on any atom is 0.0541 e. The highest BCUT2D eigenvalue weighted by molar-refractivity contribution is 6.13. The van der Waals surface area contributed by atoms with E-state index in [0.29, 0.717) is 0 Å². The van der Waals surface area contributed by atoms with E-state index in [4.69, 9.17) is 0 Å². The molecular formula is C54H37N3. The average molecular weight is 728 g/mol. The van der Waals surface area contributed by atoms with E-state index in [-0.39, 0.29) is 0 Å². The second-order valence-electron chi connectivity index (χ2n) is 15.3. The maximum absolute atomic E-state index is 2.43. The van der Waals surface area contributed by atoms with Crippen molar-refractivity contribution >= 4 is 60.6 Å². The highest BCUT2D eigenvalue weighted by atomic mass is 15.0. The summed E-state index contributed by atoms with van der Waals surface area (Å²) in [6.45, 7) is 0. The van der Waals surface area contributed by atoms with Gasteiger partial charge in [-0.05, 0) is 138 Å². The van der Waals surface area contributed by atoms with Crippen molar-refractivity contribution in [3.8, 4) is 39.3 Å². The van der Waals surface area contributed by atoms with Crippen LogP contribution < -0.4 is 0 Å². The Morgan fingerprint density at radius 3 is 1.21 bits per heavy atom. The van der Waals surface area contributed by atoms with Gasteiger partial charge in [-0.2, -0.15) is 0 Å². The van der Waals surface area contributed by atoms with E-state index in [0.717, 1.165) is 18.5 Å². The third-order valence-electron chi connectivity index (χ3n) is 12.1. The number of rotatable bonds is 5. The molecule has 0 N–H and O–H groups in total. The Hall–Kier alpha value is -7.36. The fourth-order valence-electron chi connectivity index (χ4n) is 9.52. The van der Waals surface area contributed by atoms with Crippen molar-refractivity contribution < 1.29 is 0 Å². The van der Waals surface area contributed by atoms with Crippen molar-refractivity contribution in [2.45, 2.75) is 12.8 Å². The summed E-state index contributed by atoms with van der Waals surface area (Å²) in [7, 11) is 0. The lowest BCUT2D eigenvalue weighted by molar-refractivity contribution is 0.967. The lowest BCUT2D eigenvalue weighted by atomic mass is 9.96. The van der Waals surface area contributed by atoms with Crippen LogP contribution in [0.15, 0.2) is 194 Å². The first-order chi connectivity index (χ1) is 28.3. The van der Waals surface area contributed by atoms with E-state index in [9.17, 15) is 0 Å². The van der Waals surface area contributed by atoms with Gasteiger partial charge in [0.25, 0.3) is 0 Å². The van der Waals surface area contributed by atoms with Crippen molar-refractivity contribution in [1.29, 1.82) is 0 Å². The minimum Gasteiger partial charge on any atom is -0.310 e. The Labute approximate surface area is 330 Å². The molecule has 12 rings (SSSR count). The van der Waals surface area contributed by atoms with E-state index in [1.54, 1.807) is 0 Å². The molecule has 268 valence electrons. The Morgan fingerprint density at radius 2 is 0.702 bits per heavy atom. The molecule has 0 radical (unpaired) electrons. The topological polar surface area (TPSA) is 14.8 Å². The number of benzene rings is 8. The van der Waals surface area contributed by atoms with Crippen molar-refractivity contribution in [2.24, 2.45) is 0 Å². The van der Waals surface area contributed by atoms with Crippen LogP contribution in [0.3, 0.4) is 0 Å². The van der Waals surface area contributed by atoms with Gasteiger partial charge in [0.2, 0.25) is 0 Å². The van der Waals surface area contributed by atoms with E-state index in [2.05, 4.69) is 214 Å². The summed E-state index contributed by atoms with van der Waals surface area (Å²) >= 11 is 0. The van der Waals surface area contributed by atoms with Crippen molar-refractivity contribution in [3.05, 3.63) is 205 Å². The monoisotopic (exact) mass is 727 g/mol. The van der Waals surface area contributed by atoms with Crippen LogP contribution >= 0.6 is 0 Å². The normalized spacial score (nSPS) is 12.7. The molecule has 3 aromatic heterocycles. The zero-order valence-electron chi connectivity index (χ0n) is 31.3. The molecular weight excluding hydrogens is 691 g/mol. The lowest BCUT2D eigenvalue weighted by Crippen LogP contribution is -1.99. The Kier molecular flexibility index (Phi) is 7.05. The number of allylic oxidation sites excluding steroid dienone is 1. The number of hydrogen-bond acceptors (Lipinski definition) is 0. The zero-order valence-corrected chi connectivity index (χ0v) is 31.3. The minimum atomic E-state index is 1.05. The Bertz CT molecular complexity index is 3380. The van der Waals surface area contributed by atoms with Gasteiger partial charge in [0.15, 0.2) is 0 Å². The number of fused-ring (bicyclic) bond motifs is 9. The molecule has 8 aromatic carbocycles. The molecule has 0 spiro atoms. The van der Waals surface area contributed by atoms with Crippen LogP contribution in [0.5, 0.6) is 0 Å². The molecule has 0 bridgehead atoms. The highest BCUT2D eigenvalue weighted by Gasteiger charge is 2.20. The molecule has 0 aliphatic heterocycles. The van der Waals surface area contributed by atoms with Crippen LogP contribution in [0, 0.1) is 0 Å². The largest absolute Gasteiger partial charge is 0.310 e. The van der Waals surface area contributed by atoms with Gasteiger partial charge in [0, 0.05) is 49.7 Å². The van der Waals surface area contributed by atoms with E-state index in [1.165, 1.54) is 99.4 Å². The SMILES string of the molecule is C1=Cc2c(c3cc(-c4ccc5c(c4)c4cc(-c6ccc7c(c6)c6ccccc6n7-c6ccccc6)ccc4n5-c4ccccc4)ccc3n2-c2ccccc2)CC1. The number of hydrogen-bond donors (Lipinski definition) is 0. The summed E-state index contributed by atoms with van der Waals surface area (Å²) in [6.07, 6.45) is 6.75. The molecule has 0 saturated carbocycles.